The fourth-order valence-corrected chi connectivity index (χ4v) is 2.97. The Bertz CT molecular complexity index is 974. The Hall–Kier alpha value is -3.32. The van der Waals surface area contributed by atoms with Crippen molar-refractivity contribution in [2.45, 2.75) is 19.8 Å². The number of unbranched alkanes of at least 4 members (excludes halogenated alkanes) is 1. The molecular formula is C23H28N6O. The minimum absolute atomic E-state index is 0.0760. The molecule has 3 rings (SSSR count). The van der Waals surface area contributed by atoms with Crippen LogP contribution in [0.3, 0.4) is 0 Å². The zero-order chi connectivity index (χ0) is 21.3. The molecule has 0 aliphatic heterocycles. The lowest BCUT2D eigenvalue weighted by molar-refractivity contribution is 0.0953. The second-order valence-corrected chi connectivity index (χ2v) is 7.43. The fraction of sp³-hybridized carbons (Fsp3) is 0.304. The SMILES string of the molecule is Cc1ccc(C(=O)NCCCCN(C)C)cc1Nc1nccc(-c2cccnc2)n1. The lowest BCUT2D eigenvalue weighted by Crippen LogP contribution is -2.25. The number of hydrogen-bond acceptors (Lipinski definition) is 6. The van der Waals surface area contributed by atoms with E-state index >= 15 is 0 Å². The van der Waals surface area contributed by atoms with Crippen LogP contribution in [0.25, 0.3) is 11.3 Å². The van der Waals surface area contributed by atoms with E-state index in [1.54, 1.807) is 18.6 Å². The van der Waals surface area contributed by atoms with Crippen molar-refractivity contribution in [2.24, 2.45) is 0 Å². The highest BCUT2D eigenvalue weighted by molar-refractivity contribution is 5.95. The van der Waals surface area contributed by atoms with Gasteiger partial charge in [-0.3, -0.25) is 9.78 Å². The number of amides is 1. The smallest absolute Gasteiger partial charge is 0.251 e. The molecule has 2 N–H and O–H groups in total. The van der Waals surface area contributed by atoms with Gasteiger partial charge < -0.3 is 15.5 Å². The highest BCUT2D eigenvalue weighted by Crippen LogP contribution is 2.22. The molecule has 0 atom stereocenters. The summed E-state index contributed by atoms with van der Waals surface area (Å²) in [5, 5.41) is 6.23. The van der Waals surface area contributed by atoms with Crippen LogP contribution in [0, 0.1) is 6.92 Å². The lowest BCUT2D eigenvalue weighted by atomic mass is 10.1. The number of carbonyl (C=O) groups excluding carboxylic acids is 1. The van der Waals surface area contributed by atoms with Crippen molar-refractivity contribution < 1.29 is 4.79 Å². The lowest BCUT2D eigenvalue weighted by Gasteiger charge is -2.12. The summed E-state index contributed by atoms with van der Waals surface area (Å²) < 4.78 is 0. The zero-order valence-corrected chi connectivity index (χ0v) is 17.7. The molecular weight excluding hydrogens is 376 g/mol. The van der Waals surface area contributed by atoms with Gasteiger partial charge in [0.2, 0.25) is 5.95 Å². The summed E-state index contributed by atoms with van der Waals surface area (Å²) in [7, 11) is 4.10. The molecule has 156 valence electrons. The normalized spacial score (nSPS) is 10.8. The van der Waals surface area contributed by atoms with E-state index in [9.17, 15) is 4.79 Å². The van der Waals surface area contributed by atoms with Crippen LogP contribution in [0.5, 0.6) is 0 Å². The van der Waals surface area contributed by atoms with Gasteiger partial charge >= 0.3 is 0 Å². The second-order valence-electron chi connectivity index (χ2n) is 7.43. The highest BCUT2D eigenvalue weighted by atomic mass is 16.1. The van der Waals surface area contributed by atoms with Crippen molar-refractivity contribution in [1.29, 1.82) is 0 Å². The minimum Gasteiger partial charge on any atom is -0.352 e. The first-order valence-electron chi connectivity index (χ1n) is 10.1. The molecule has 3 aromatic rings. The van der Waals surface area contributed by atoms with Crippen LogP contribution in [-0.2, 0) is 0 Å². The van der Waals surface area contributed by atoms with Crippen molar-refractivity contribution in [1.82, 2.24) is 25.2 Å². The molecule has 0 unspecified atom stereocenters. The molecule has 0 fully saturated rings. The Balaban J connectivity index is 1.66. The number of pyridine rings is 1. The Morgan fingerprint density at radius 2 is 1.97 bits per heavy atom. The maximum absolute atomic E-state index is 12.5. The first kappa shape index (κ1) is 21.4. The minimum atomic E-state index is -0.0760. The molecule has 1 amide bonds. The molecule has 2 heterocycles. The molecule has 7 nitrogen and oxygen atoms in total. The number of nitrogens with one attached hydrogen (secondary N) is 2. The third-order valence-electron chi connectivity index (χ3n) is 4.68. The second kappa shape index (κ2) is 10.5. The standard InChI is InChI=1S/C23H28N6O/c1-17-8-9-18(22(30)25-12-4-5-14-29(2)3)15-21(17)28-23-26-13-10-20(27-23)19-7-6-11-24-16-19/h6-11,13,15-16H,4-5,12,14H2,1-3H3,(H,25,30)(H,26,27,28). The van der Waals surface area contributed by atoms with E-state index in [-0.39, 0.29) is 5.91 Å². The molecule has 7 heteroatoms. The largest absolute Gasteiger partial charge is 0.352 e. The van der Waals surface area contributed by atoms with E-state index in [1.165, 1.54) is 0 Å². The van der Waals surface area contributed by atoms with Gasteiger partial charge in [0, 0.05) is 41.9 Å². The van der Waals surface area contributed by atoms with Gasteiger partial charge in [-0.05, 0) is 76.3 Å². The quantitative estimate of drug-likeness (QED) is 0.530. The van der Waals surface area contributed by atoms with Crippen LogP contribution in [-0.4, -0.2) is 52.9 Å². The van der Waals surface area contributed by atoms with E-state index in [4.69, 9.17) is 0 Å². The first-order valence-corrected chi connectivity index (χ1v) is 10.1. The van der Waals surface area contributed by atoms with Crippen molar-refractivity contribution in [2.75, 3.05) is 32.5 Å². The third-order valence-corrected chi connectivity index (χ3v) is 4.68. The van der Waals surface area contributed by atoms with E-state index in [2.05, 4.69) is 44.6 Å². The molecule has 30 heavy (non-hydrogen) atoms. The molecule has 0 aliphatic carbocycles. The number of benzene rings is 1. The van der Waals surface area contributed by atoms with Crippen LogP contribution in [0.2, 0.25) is 0 Å². The van der Waals surface area contributed by atoms with Gasteiger partial charge in [0.15, 0.2) is 0 Å². The van der Waals surface area contributed by atoms with E-state index < -0.39 is 0 Å². The van der Waals surface area contributed by atoms with Crippen LogP contribution >= 0.6 is 0 Å². The van der Waals surface area contributed by atoms with E-state index in [1.807, 2.05) is 43.3 Å². The summed E-state index contributed by atoms with van der Waals surface area (Å²) in [6.45, 7) is 3.67. The predicted octanol–water partition coefficient (Wildman–Crippen LogP) is 3.66. The first-order chi connectivity index (χ1) is 14.5. The van der Waals surface area contributed by atoms with E-state index in [0.717, 1.165) is 41.9 Å². The van der Waals surface area contributed by atoms with Crippen molar-refractivity contribution in [3.63, 3.8) is 0 Å². The van der Waals surface area contributed by atoms with Gasteiger partial charge in [-0.2, -0.15) is 0 Å². The molecule has 0 bridgehead atoms. The summed E-state index contributed by atoms with van der Waals surface area (Å²) in [6.07, 6.45) is 7.21. The molecule has 0 saturated carbocycles. The van der Waals surface area contributed by atoms with Crippen molar-refractivity contribution in [3.05, 3.63) is 66.1 Å². The van der Waals surface area contributed by atoms with Crippen LogP contribution in [0.4, 0.5) is 11.6 Å². The Morgan fingerprint density at radius 1 is 1.10 bits per heavy atom. The van der Waals surface area contributed by atoms with Crippen molar-refractivity contribution in [3.8, 4) is 11.3 Å². The number of rotatable bonds is 9. The molecule has 2 aromatic heterocycles. The monoisotopic (exact) mass is 404 g/mol. The van der Waals surface area contributed by atoms with Gasteiger partial charge in [0.05, 0.1) is 5.69 Å². The summed E-state index contributed by atoms with van der Waals surface area (Å²) in [5.41, 5.74) is 4.12. The predicted molar refractivity (Wildman–Crippen MR) is 120 cm³/mol. The molecule has 0 spiro atoms. The average molecular weight is 405 g/mol. The number of aromatic nitrogens is 3. The van der Waals surface area contributed by atoms with Crippen LogP contribution < -0.4 is 10.6 Å². The fourth-order valence-electron chi connectivity index (χ4n) is 2.97. The zero-order valence-electron chi connectivity index (χ0n) is 17.7. The molecule has 0 radical (unpaired) electrons. The maximum Gasteiger partial charge on any atom is 0.251 e. The Kier molecular flexibility index (Phi) is 7.45. The van der Waals surface area contributed by atoms with Crippen molar-refractivity contribution >= 4 is 17.5 Å². The van der Waals surface area contributed by atoms with Crippen LogP contribution in [0.15, 0.2) is 55.0 Å². The summed E-state index contributed by atoms with van der Waals surface area (Å²) >= 11 is 0. The topological polar surface area (TPSA) is 83.0 Å². The number of anilines is 2. The number of carbonyl (C=O) groups is 1. The van der Waals surface area contributed by atoms with Gasteiger partial charge in [0.1, 0.15) is 0 Å². The summed E-state index contributed by atoms with van der Waals surface area (Å²) in [5.74, 6) is 0.397. The van der Waals surface area contributed by atoms with Gasteiger partial charge in [0.25, 0.3) is 5.91 Å². The average Bonchev–Trinajstić information content (AvgIpc) is 2.75. The number of aryl methyl sites for hydroxylation is 1. The third kappa shape index (κ3) is 6.09. The van der Waals surface area contributed by atoms with E-state index in [0.29, 0.717) is 18.1 Å². The van der Waals surface area contributed by atoms with Crippen LogP contribution in [0.1, 0.15) is 28.8 Å². The highest BCUT2D eigenvalue weighted by Gasteiger charge is 2.10. The number of nitrogens with zero attached hydrogens (tertiary/aromatic N) is 4. The number of hydrogen-bond donors (Lipinski definition) is 2. The van der Waals surface area contributed by atoms with Gasteiger partial charge in [-0.25, -0.2) is 9.97 Å². The molecule has 1 aromatic carbocycles. The molecule has 0 aliphatic rings. The molecule has 0 saturated heterocycles. The Labute approximate surface area is 177 Å². The summed E-state index contributed by atoms with van der Waals surface area (Å²) in [6, 6.07) is 11.3. The van der Waals surface area contributed by atoms with Gasteiger partial charge in [-0.15, -0.1) is 0 Å². The van der Waals surface area contributed by atoms with Gasteiger partial charge in [-0.1, -0.05) is 6.07 Å². The Morgan fingerprint density at radius 3 is 2.73 bits per heavy atom. The maximum atomic E-state index is 12.5. The summed E-state index contributed by atoms with van der Waals surface area (Å²) in [4.78, 5) is 27.7.